The molecular formula is C11H10F4O3. The van der Waals surface area contributed by atoms with Crippen molar-refractivity contribution in [1.82, 2.24) is 0 Å². The predicted octanol–water partition coefficient (Wildman–Crippen LogP) is 2.44. The summed E-state index contributed by atoms with van der Waals surface area (Å²) in [4.78, 5) is 11.1. The highest BCUT2D eigenvalue weighted by Gasteiger charge is 2.33. The molecule has 0 bridgehead atoms. The molecule has 0 radical (unpaired) electrons. The molecule has 1 rings (SSSR count). The molecule has 1 N–H and O–H groups in total. The van der Waals surface area contributed by atoms with Gasteiger partial charge in [0.05, 0.1) is 12.2 Å². The maximum atomic E-state index is 13.3. The van der Waals surface area contributed by atoms with Gasteiger partial charge in [0.1, 0.15) is 5.82 Å². The topological polar surface area (TPSA) is 46.5 Å². The quantitative estimate of drug-likeness (QED) is 0.675. The van der Waals surface area contributed by atoms with E-state index in [0.717, 1.165) is 0 Å². The highest BCUT2D eigenvalue weighted by atomic mass is 19.4. The highest BCUT2D eigenvalue weighted by Crippen LogP contribution is 2.32. The van der Waals surface area contributed by atoms with Crippen molar-refractivity contribution < 1.29 is 32.2 Å². The van der Waals surface area contributed by atoms with E-state index in [0.29, 0.717) is 18.2 Å². The van der Waals surface area contributed by atoms with Crippen molar-refractivity contribution in [2.24, 2.45) is 0 Å². The third kappa shape index (κ3) is 3.19. The third-order valence-electron chi connectivity index (χ3n) is 2.13. The SMILES string of the molecule is CCOC(=O)C(O)c1cc(C(F)(F)F)ccc1F. The van der Waals surface area contributed by atoms with Gasteiger partial charge in [0.25, 0.3) is 0 Å². The Morgan fingerprint density at radius 3 is 2.56 bits per heavy atom. The molecule has 1 aromatic carbocycles. The zero-order valence-electron chi connectivity index (χ0n) is 9.29. The van der Waals surface area contributed by atoms with Crippen LogP contribution in [0.15, 0.2) is 18.2 Å². The maximum Gasteiger partial charge on any atom is 0.416 e. The third-order valence-corrected chi connectivity index (χ3v) is 2.13. The Bertz CT molecular complexity index is 442. The van der Waals surface area contributed by atoms with Gasteiger partial charge in [-0.25, -0.2) is 9.18 Å². The van der Waals surface area contributed by atoms with Crippen LogP contribution in [0.1, 0.15) is 24.2 Å². The van der Waals surface area contributed by atoms with Crippen LogP contribution in [-0.2, 0) is 15.7 Å². The number of carbonyl (C=O) groups is 1. The van der Waals surface area contributed by atoms with Crippen LogP contribution in [0.2, 0.25) is 0 Å². The largest absolute Gasteiger partial charge is 0.464 e. The van der Waals surface area contributed by atoms with E-state index in [4.69, 9.17) is 0 Å². The molecule has 0 saturated carbocycles. The summed E-state index contributed by atoms with van der Waals surface area (Å²) in [6.45, 7) is 1.38. The Balaban J connectivity index is 3.12. The number of benzene rings is 1. The van der Waals surface area contributed by atoms with E-state index in [1.165, 1.54) is 6.92 Å². The number of rotatable bonds is 3. The fourth-order valence-electron chi connectivity index (χ4n) is 1.28. The molecule has 7 heteroatoms. The molecule has 0 aromatic heterocycles. The van der Waals surface area contributed by atoms with Gasteiger partial charge < -0.3 is 9.84 Å². The smallest absolute Gasteiger partial charge is 0.416 e. The van der Waals surface area contributed by atoms with Gasteiger partial charge in [-0.1, -0.05) is 0 Å². The van der Waals surface area contributed by atoms with Gasteiger partial charge in [0, 0.05) is 5.56 Å². The van der Waals surface area contributed by atoms with Gasteiger partial charge in [0.15, 0.2) is 6.10 Å². The lowest BCUT2D eigenvalue weighted by Gasteiger charge is -2.13. The minimum Gasteiger partial charge on any atom is -0.464 e. The first kappa shape index (κ1) is 14.4. The number of halogens is 4. The van der Waals surface area contributed by atoms with Crippen molar-refractivity contribution in [1.29, 1.82) is 0 Å². The summed E-state index contributed by atoms with van der Waals surface area (Å²) >= 11 is 0. The summed E-state index contributed by atoms with van der Waals surface area (Å²) in [6, 6.07) is 1.45. The van der Waals surface area contributed by atoms with Gasteiger partial charge in [-0.05, 0) is 25.1 Å². The predicted molar refractivity (Wildman–Crippen MR) is 53.0 cm³/mol. The van der Waals surface area contributed by atoms with Gasteiger partial charge in [-0.2, -0.15) is 13.2 Å². The van der Waals surface area contributed by atoms with Crippen LogP contribution < -0.4 is 0 Å². The molecule has 1 unspecified atom stereocenters. The lowest BCUT2D eigenvalue weighted by Crippen LogP contribution is -2.17. The van der Waals surface area contributed by atoms with E-state index in [1.807, 2.05) is 0 Å². The Morgan fingerprint density at radius 1 is 1.44 bits per heavy atom. The highest BCUT2D eigenvalue weighted by molar-refractivity contribution is 5.76. The molecule has 0 spiro atoms. The summed E-state index contributed by atoms with van der Waals surface area (Å²) in [6.07, 6.45) is -6.76. The summed E-state index contributed by atoms with van der Waals surface area (Å²) in [7, 11) is 0. The summed E-state index contributed by atoms with van der Waals surface area (Å²) in [5.41, 5.74) is -1.91. The lowest BCUT2D eigenvalue weighted by molar-refractivity contribution is -0.153. The Morgan fingerprint density at radius 2 is 2.06 bits per heavy atom. The first-order valence-corrected chi connectivity index (χ1v) is 4.98. The summed E-state index contributed by atoms with van der Waals surface area (Å²) < 4.78 is 54.9. The van der Waals surface area contributed by atoms with Gasteiger partial charge in [0.2, 0.25) is 0 Å². The second-order valence-electron chi connectivity index (χ2n) is 3.39. The van der Waals surface area contributed by atoms with Gasteiger partial charge in [-0.15, -0.1) is 0 Å². The van der Waals surface area contributed by atoms with E-state index in [-0.39, 0.29) is 6.61 Å². The summed E-state index contributed by atoms with van der Waals surface area (Å²) in [5.74, 6) is -2.31. The van der Waals surface area contributed by atoms with E-state index in [2.05, 4.69) is 4.74 Å². The van der Waals surface area contributed by atoms with Gasteiger partial charge >= 0.3 is 12.1 Å². The van der Waals surface area contributed by atoms with Crippen LogP contribution in [0.4, 0.5) is 17.6 Å². The van der Waals surface area contributed by atoms with E-state index in [9.17, 15) is 27.5 Å². The molecule has 3 nitrogen and oxygen atoms in total. The van der Waals surface area contributed by atoms with Crippen LogP contribution in [0.25, 0.3) is 0 Å². The fraction of sp³-hybridized carbons (Fsp3) is 0.364. The molecule has 0 saturated heterocycles. The number of esters is 1. The average molecular weight is 266 g/mol. The first-order chi connectivity index (χ1) is 8.27. The Kier molecular flexibility index (Phi) is 4.28. The summed E-state index contributed by atoms with van der Waals surface area (Å²) in [5, 5.41) is 9.41. The Hall–Kier alpha value is -1.63. The lowest BCUT2D eigenvalue weighted by atomic mass is 10.0. The number of hydrogen-bond donors (Lipinski definition) is 1. The monoisotopic (exact) mass is 266 g/mol. The molecule has 0 aliphatic heterocycles. The van der Waals surface area contributed by atoms with Crippen molar-refractivity contribution in [2.45, 2.75) is 19.2 Å². The molecule has 0 aliphatic carbocycles. The number of aliphatic hydroxyl groups excluding tert-OH is 1. The second kappa shape index (κ2) is 5.34. The van der Waals surface area contributed by atoms with Crippen LogP contribution in [-0.4, -0.2) is 17.7 Å². The standard InChI is InChI=1S/C11H10F4O3/c1-2-18-10(17)9(16)7-5-6(11(13,14)15)3-4-8(7)12/h3-5,9,16H,2H2,1H3. The first-order valence-electron chi connectivity index (χ1n) is 4.98. The number of ether oxygens (including phenoxy) is 1. The van der Waals surface area contributed by atoms with Crippen LogP contribution in [0, 0.1) is 5.82 Å². The van der Waals surface area contributed by atoms with Crippen molar-refractivity contribution in [2.75, 3.05) is 6.61 Å². The number of alkyl halides is 3. The van der Waals surface area contributed by atoms with Crippen molar-refractivity contribution in [3.63, 3.8) is 0 Å². The van der Waals surface area contributed by atoms with E-state index in [1.54, 1.807) is 0 Å². The van der Waals surface area contributed by atoms with E-state index < -0.39 is 35.2 Å². The molecule has 18 heavy (non-hydrogen) atoms. The van der Waals surface area contributed by atoms with E-state index >= 15 is 0 Å². The normalized spacial score (nSPS) is 13.2. The van der Waals surface area contributed by atoms with Gasteiger partial charge in [-0.3, -0.25) is 0 Å². The average Bonchev–Trinajstić information content (AvgIpc) is 2.27. The fourth-order valence-corrected chi connectivity index (χ4v) is 1.28. The molecule has 0 heterocycles. The number of aliphatic hydroxyl groups is 1. The molecule has 0 aliphatic rings. The van der Waals surface area contributed by atoms with Crippen molar-refractivity contribution >= 4 is 5.97 Å². The molecule has 0 fully saturated rings. The minimum atomic E-state index is -4.68. The van der Waals surface area contributed by atoms with Crippen LogP contribution in [0.3, 0.4) is 0 Å². The zero-order chi connectivity index (χ0) is 13.9. The zero-order valence-corrected chi connectivity index (χ0v) is 9.29. The molecule has 1 aromatic rings. The Labute approximate surface area is 100.0 Å². The van der Waals surface area contributed by atoms with Crippen LogP contribution >= 0.6 is 0 Å². The number of carbonyl (C=O) groups excluding carboxylic acids is 1. The molecule has 0 amide bonds. The minimum absolute atomic E-state index is 0.0729. The van der Waals surface area contributed by atoms with Crippen LogP contribution in [0.5, 0.6) is 0 Å². The number of hydrogen-bond acceptors (Lipinski definition) is 3. The van der Waals surface area contributed by atoms with Crippen molar-refractivity contribution in [3.8, 4) is 0 Å². The molecule has 1 atom stereocenters. The second-order valence-corrected chi connectivity index (χ2v) is 3.39. The molecule has 100 valence electrons. The maximum absolute atomic E-state index is 13.3. The van der Waals surface area contributed by atoms with Crippen molar-refractivity contribution in [3.05, 3.63) is 35.1 Å². The molecular weight excluding hydrogens is 256 g/mol.